The van der Waals surface area contributed by atoms with Crippen LogP contribution < -0.4 is 4.72 Å². The Morgan fingerprint density at radius 3 is 2.71 bits per heavy atom. The third-order valence-corrected chi connectivity index (χ3v) is 4.33. The highest BCUT2D eigenvalue weighted by Gasteiger charge is 2.20. The zero-order chi connectivity index (χ0) is 15.6. The van der Waals surface area contributed by atoms with Crippen molar-refractivity contribution in [3.63, 3.8) is 0 Å². The second kappa shape index (κ2) is 5.77. The highest BCUT2D eigenvalue weighted by molar-refractivity contribution is 7.92. The number of anilines is 1. The predicted molar refractivity (Wildman–Crippen MR) is 80.9 cm³/mol. The molecule has 0 amide bonds. The van der Waals surface area contributed by atoms with Crippen molar-refractivity contribution in [3.05, 3.63) is 35.8 Å². The van der Waals surface area contributed by atoms with Gasteiger partial charge in [-0.25, -0.2) is 4.98 Å². The van der Waals surface area contributed by atoms with Gasteiger partial charge in [0.1, 0.15) is 11.6 Å². The van der Waals surface area contributed by atoms with Crippen LogP contribution in [0.1, 0.15) is 24.7 Å². The average Bonchev–Trinajstić information content (AvgIpc) is 2.77. The fourth-order valence-corrected chi connectivity index (χ4v) is 3.08. The third-order valence-electron chi connectivity index (χ3n) is 3.09. The summed E-state index contributed by atoms with van der Waals surface area (Å²) in [6, 6.07) is 4.73. The monoisotopic (exact) mass is 309 g/mol. The minimum absolute atomic E-state index is 0.0469. The lowest BCUT2D eigenvalue weighted by molar-refractivity contribution is 0.477. The normalized spacial score (nSPS) is 11.6. The van der Waals surface area contributed by atoms with E-state index < -0.39 is 10.0 Å². The first kappa shape index (κ1) is 15.4. The van der Waals surface area contributed by atoms with Crippen LogP contribution in [-0.4, -0.2) is 23.1 Å². The Labute approximate surface area is 124 Å². The fourth-order valence-electron chi connectivity index (χ4n) is 2.00. The van der Waals surface area contributed by atoms with E-state index in [1.165, 1.54) is 12.3 Å². The molecular formula is C14H19N3O3S. The van der Waals surface area contributed by atoms with E-state index in [1.54, 1.807) is 23.6 Å². The Kier molecular flexibility index (Phi) is 4.22. The molecule has 0 aliphatic rings. The van der Waals surface area contributed by atoms with Gasteiger partial charge in [0.05, 0.1) is 5.69 Å². The SMILES string of the molecule is CCCn1cc(S(=O)(=O)Nc2cc(C)ccc2O)nc1C. The molecule has 2 aromatic rings. The molecule has 0 saturated carbocycles. The number of nitrogens with one attached hydrogen (secondary N) is 1. The summed E-state index contributed by atoms with van der Waals surface area (Å²) >= 11 is 0. The zero-order valence-corrected chi connectivity index (χ0v) is 13.1. The van der Waals surface area contributed by atoms with Crippen LogP contribution >= 0.6 is 0 Å². The van der Waals surface area contributed by atoms with Gasteiger partial charge >= 0.3 is 0 Å². The number of phenolic OH excluding ortho intramolecular Hbond substituents is 1. The van der Waals surface area contributed by atoms with E-state index in [9.17, 15) is 13.5 Å². The first-order valence-corrected chi connectivity index (χ1v) is 8.18. The first-order valence-electron chi connectivity index (χ1n) is 6.69. The number of aromatic hydroxyl groups is 1. The standard InChI is InChI=1S/C14H19N3O3S/c1-4-7-17-9-14(15-11(17)3)21(19,20)16-12-8-10(2)5-6-13(12)18/h5-6,8-9,16,18H,4,7H2,1-3H3. The molecule has 1 aromatic carbocycles. The minimum atomic E-state index is -3.81. The number of benzene rings is 1. The summed E-state index contributed by atoms with van der Waals surface area (Å²) in [4.78, 5) is 4.08. The Morgan fingerprint density at radius 1 is 1.33 bits per heavy atom. The highest BCUT2D eigenvalue weighted by Crippen LogP contribution is 2.26. The maximum absolute atomic E-state index is 12.3. The van der Waals surface area contributed by atoms with Gasteiger partial charge in [0.2, 0.25) is 0 Å². The van der Waals surface area contributed by atoms with Gasteiger partial charge in [-0.3, -0.25) is 4.72 Å². The number of aromatic nitrogens is 2. The molecule has 21 heavy (non-hydrogen) atoms. The minimum Gasteiger partial charge on any atom is -0.506 e. The van der Waals surface area contributed by atoms with Crippen molar-refractivity contribution in [3.8, 4) is 5.75 Å². The molecule has 0 saturated heterocycles. The summed E-state index contributed by atoms with van der Waals surface area (Å²) in [7, 11) is -3.81. The van der Waals surface area contributed by atoms with Crippen molar-refractivity contribution in [2.45, 2.75) is 38.8 Å². The van der Waals surface area contributed by atoms with Crippen LogP contribution in [0.3, 0.4) is 0 Å². The quantitative estimate of drug-likeness (QED) is 0.831. The van der Waals surface area contributed by atoms with Gasteiger partial charge < -0.3 is 9.67 Å². The van der Waals surface area contributed by atoms with Gasteiger partial charge in [0.15, 0.2) is 5.03 Å². The molecule has 1 heterocycles. The molecule has 1 aromatic heterocycles. The van der Waals surface area contributed by atoms with E-state index >= 15 is 0 Å². The molecular weight excluding hydrogens is 290 g/mol. The number of hydrogen-bond donors (Lipinski definition) is 2. The second-order valence-corrected chi connectivity index (χ2v) is 6.58. The summed E-state index contributed by atoms with van der Waals surface area (Å²) in [5, 5.41) is 9.69. The van der Waals surface area contributed by atoms with Crippen molar-refractivity contribution in [1.82, 2.24) is 9.55 Å². The van der Waals surface area contributed by atoms with E-state index in [0.29, 0.717) is 12.4 Å². The summed E-state index contributed by atoms with van der Waals surface area (Å²) in [5.74, 6) is 0.527. The maximum Gasteiger partial charge on any atom is 0.281 e. The molecule has 0 atom stereocenters. The Morgan fingerprint density at radius 2 is 2.05 bits per heavy atom. The van der Waals surface area contributed by atoms with Gasteiger partial charge in [-0.05, 0) is 38.0 Å². The molecule has 0 aliphatic heterocycles. The lowest BCUT2D eigenvalue weighted by Gasteiger charge is -2.08. The van der Waals surface area contributed by atoms with E-state index in [4.69, 9.17) is 0 Å². The molecule has 0 spiro atoms. The number of imidazole rings is 1. The molecule has 0 radical (unpaired) electrons. The van der Waals surface area contributed by atoms with Crippen LogP contribution in [0.5, 0.6) is 5.75 Å². The first-order chi connectivity index (χ1) is 9.83. The van der Waals surface area contributed by atoms with Crippen LogP contribution in [0, 0.1) is 13.8 Å². The fraction of sp³-hybridized carbons (Fsp3) is 0.357. The summed E-state index contributed by atoms with van der Waals surface area (Å²) < 4.78 is 28.8. The number of rotatable bonds is 5. The summed E-state index contributed by atoms with van der Waals surface area (Å²) in [6.45, 7) is 6.30. The average molecular weight is 309 g/mol. The molecule has 6 nitrogen and oxygen atoms in total. The molecule has 2 N–H and O–H groups in total. The van der Waals surface area contributed by atoms with Gasteiger partial charge in [0.25, 0.3) is 10.0 Å². The highest BCUT2D eigenvalue weighted by atomic mass is 32.2. The van der Waals surface area contributed by atoms with Crippen LogP contribution in [0.25, 0.3) is 0 Å². The molecule has 2 rings (SSSR count). The largest absolute Gasteiger partial charge is 0.506 e. The third kappa shape index (κ3) is 3.36. The van der Waals surface area contributed by atoms with Crippen molar-refractivity contribution >= 4 is 15.7 Å². The lowest BCUT2D eigenvalue weighted by atomic mass is 10.2. The number of phenols is 1. The molecule has 0 unspecified atom stereocenters. The van der Waals surface area contributed by atoms with E-state index in [-0.39, 0.29) is 16.5 Å². The van der Waals surface area contributed by atoms with E-state index in [2.05, 4.69) is 9.71 Å². The topological polar surface area (TPSA) is 84.2 Å². The molecule has 114 valence electrons. The van der Waals surface area contributed by atoms with E-state index in [1.807, 2.05) is 13.8 Å². The Bertz CT molecular complexity index is 751. The van der Waals surface area contributed by atoms with Crippen molar-refractivity contribution in [2.24, 2.45) is 0 Å². The summed E-state index contributed by atoms with van der Waals surface area (Å²) in [6.07, 6.45) is 2.40. The molecule has 0 bridgehead atoms. The Hall–Kier alpha value is -2.02. The van der Waals surface area contributed by atoms with Crippen LogP contribution in [0.15, 0.2) is 29.4 Å². The van der Waals surface area contributed by atoms with Gasteiger partial charge in [-0.2, -0.15) is 8.42 Å². The number of nitrogens with zero attached hydrogens (tertiary/aromatic N) is 2. The van der Waals surface area contributed by atoms with Crippen LogP contribution in [0.2, 0.25) is 0 Å². The lowest BCUT2D eigenvalue weighted by Crippen LogP contribution is -2.13. The van der Waals surface area contributed by atoms with Crippen molar-refractivity contribution in [2.75, 3.05) is 4.72 Å². The van der Waals surface area contributed by atoms with Crippen molar-refractivity contribution in [1.29, 1.82) is 0 Å². The number of sulfonamides is 1. The zero-order valence-electron chi connectivity index (χ0n) is 12.3. The molecule has 7 heteroatoms. The summed E-state index contributed by atoms with van der Waals surface area (Å²) in [5.41, 5.74) is 0.996. The van der Waals surface area contributed by atoms with Crippen molar-refractivity contribution < 1.29 is 13.5 Å². The predicted octanol–water partition coefficient (Wildman–Crippen LogP) is 2.42. The maximum atomic E-state index is 12.3. The molecule has 0 fully saturated rings. The number of hydrogen-bond acceptors (Lipinski definition) is 4. The Balaban J connectivity index is 2.34. The molecule has 0 aliphatic carbocycles. The van der Waals surface area contributed by atoms with Crippen LogP contribution in [-0.2, 0) is 16.6 Å². The van der Waals surface area contributed by atoms with Gasteiger partial charge in [0, 0.05) is 12.7 Å². The van der Waals surface area contributed by atoms with E-state index in [0.717, 1.165) is 12.0 Å². The number of aryl methyl sites for hydroxylation is 3. The second-order valence-electron chi connectivity index (χ2n) is 4.95. The smallest absolute Gasteiger partial charge is 0.281 e. The van der Waals surface area contributed by atoms with Gasteiger partial charge in [-0.15, -0.1) is 0 Å². The van der Waals surface area contributed by atoms with Crippen LogP contribution in [0.4, 0.5) is 5.69 Å². The van der Waals surface area contributed by atoms with Gasteiger partial charge in [-0.1, -0.05) is 13.0 Å².